The molecule has 3 heterocycles. The van der Waals surface area contributed by atoms with Gasteiger partial charge in [-0.2, -0.15) is 0 Å². The molecule has 0 aliphatic heterocycles. The zero-order valence-electron chi connectivity index (χ0n) is 16.5. The van der Waals surface area contributed by atoms with Crippen molar-refractivity contribution in [3.8, 4) is 16.5 Å². The summed E-state index contributed by atoms with van der Waals surface area (Å²) in [5.41, 5.74) is 2.57. The summed E-state index contributed by atoms with van der Waals surface area (Å²) >= 11 is 3.16. The summed E-state index contributed by atoms with van der Waals surface area (Å²) in [6, 6.07) is 17.6. The lowest BCUT2D eigenvalue weighted by atomic mass is 10.1. The average Bonchev–Trinajstić information content (AvgIpc) is 3.46. The van der Waals surface area contributed by atoms with Gasteiger partial charge in [-0.3, -0.25) is 9.78 Å². The summed E-state index contributed by atoms with van der Waals surface area (Å²) in [7, 11) is 1.65. The van der Waals surface area contributed by atoms with Crippen LogP contribution in [0.15, 0.2) is 71.6 Å². The molecule has 0 saturated carbocycles. The molecule has 0 spiro atoms. The van der Waals surface area contributed by atoms with Gasteiger partial charge in [0.15, 0.2) is 0 Å². The van der Waals surface area contributed by atoms with E-state index in [9.17, 15) is 4.79 Å². The van der Waals surface area contributed by atoms with Crippen molar-refractivity contribution in [2.45, 2.75) is 19.5 Å². The number of aromatic nitrogens is 2. The van der Waals surface area contributed by atoms with Crippen molar-refractivity contribution in [2.75, 3.05) is 7.11 Å². The first-order valence-corrected chi connectivity index (χ1v) is 11.3. The number of thiophene rings is 1. The number of benzene rings is 1. The molecule has 152 valence electrons. The van der Waals surface area contributed by atoms with Crippen LogP contribution in [0.2, 0.25) is 0 Å². The standard InChI is InChI=1S/C23H21N3O2S2/c1-28-21-10-3-2-7-17(21)14-26(15-19-8-6-12-29-19)22(27)13-18-16-30-23(25-18)20-9-4-5-11-24-20/h2-12,16H,13-15H2,1H3. The van der Waals surface area contributed by atoms with Crippen molar-refractivity contribution in [2.24, 2.45) is 0 Å². The number of amides is 1. The van der Waals surface area contributed by atoms with Crippen LogP contribution in [0.4, 0.5) is 0 Å². The monoisotopic (exact) mass is 435 g/mol. The Bertz CT molecular complexity index is 1090. The lowest BCUT2D eigenvalue weighted by Gasteiger charge is -2.23. The van der Waals surface area contributed by atoms with E-state index in [1.807, 2.05) is 64.2 Å². The van der Waals surface area contributed by atoms with Gasteiger partial charge >= 0.3 is 0 Å². The third kappa shape index (κ3) is 4.93. The number of ether oxygens (including phenoxy) is 1. The van der Waals surface area contributed by atoms with Crippen LogP contribution >= 0.6 is 22.7 Å². The molecule has 3 aromatic heterocycles. The van der Waals surface area contributed by atoms with Crippen LogP contribution in [0, 0.1) is 0 Å². The number of hydrogen-bond acceptors (Lipinski definition) is 6. The van der Waals surface area contributed by atoms with Gasteiger partial charge in [-0.25, -0.2) is 4.98 Å². The molecule has 5 nitrogen and oxygen atoms in total. The Kier molecular flexibility index (Phi) is 6.51. The molecule has 7 heteroatoms. The van der Waals surface area contributed by atoms with Crippen molar-refractivity contribution in [1.82, 2.24) is 14.9 Å². The fraction of sp³-hybridized carbons (Fsp3) is 0.174. The minimum absolute atomic E-state index is 0.0344. The van der Waals surface area contributed by atoms with Crippen LogP contribution in [0.5, 0.6) is 5.75 Å². The average molecular weight is 436 g/mol. The van der Waals surface area contributed by atoms with Crippen LogP contribution in [0.3, 0.4) is 0 Å². The van der Waals surface area contributed by atoms with Gasteiger partial charge < -0.3 is 9.64 Å². The number of methoxy groups -OCH3 is 1. The SMILES string of the molecule is COc1ccccc1CN(Cc1cccs1)C(=O)Cc1csc(-c2ccccn2)n1. The fourth-order valence-electron chi connectivity index (χ4n) is 3.12. The highest BCUT2D eigenvalue weighted by atomic mass is 32.1. The van der Waals surface area contributed by atoms with E-state index in [0.717, 1.165) is 32.6 Å². The number of nitrogens with zero attached hydrogens (tertiary/aromatic N) is 3. The van der Waals surface area contributed by atoms with Crippen LogP contribution < -0.4 is 4.74 Å². The molecule has 0 radical (unpaired) electrons. The molecule has 30 heavy (non-hydrogen) atoms. The second-order valence-electron chi connectivity index (χ2n) is 6.68. The van der Waals surface area contributed by atoms with E-state index >= 15 is 0 Å². The largest absolute Gasteiger partial charge is 0.496 e. The highest BCUT2D eigenvalue weighted by Crippen LogP contribution is 2.24. The maximum absolute atomic E-state index is 13.2. The number of carbonyl (C=O) groups excluding carboxylic acids is 1. The molecule has 4 rings (SSSR count). The van der Waals surface area contributed by atoms with E-state index in [-0.39, 0.29) is 12.3 Å². The van der Waals surface area contributed by atoms with Crippen molar-refractivity contribution in [3.63, 3.8) is 0 Å². The number of para-hydroxylation sites is 1. The van der Waals surface area contributed by atoms with Gasteiger partial charge in [-0.05, 0) is 29.6 Å². The van der Waals surface area contributed by atoms with Crippen molar-refractivity contribution in [1.29, 1.82) is 0 Å². The third-order valence-corrected chi connectivity index (χ3v) is 6.38. The van der Waals surface area contributed by atoms with Gasteiger partial charge in [0.1, 0.15) is 10.8 Å². The smallest absolute Gasteiger partial charge is 0.229 e. The Morgan fingerprint density at radius 3 is 2.67 bits per heavy atom. The predicted octanol–water partition coefficient (Wildman–Crippen LogP) is 5.05. The first-order chi connectivity index (χ1) is 14.7. The molecular weight excluding hydrogens is 414 g/mol. The Labute approximate surface area is 183 Å². The van der Waals surface area contributed by atoms with E-state index in [0.29, 0.717) is 13.1 Å². The van der Waals surface area contributed by atoms with Crippen molar-refractivity contribution >= 4 is 28.6 Å². The van der Waals surface area contributed by atoms with Gasteiger partial charge in [-0.15, -0.1) is 22.7 Å². The molecule has 1 amide bonds. The van der Waals surface area contributed by atoms with Crippen LogP contribution in [-0.4, -0.2) is 27.9 Å². The Hall–Kier alpha value is -3.03. The Balaban J connectivity index is 1.53. The quantitative estimate of drug-likeness (QED) is 0.389. The molecule has 4 aromatic rings. The molecule has 0 bridgehead atoms. The summed E-state index contributed by atoms with van der Waals surface area (Å²) < 4.78 is 5.48. The normalized spacial score (nSPS) is 10.7. The topological polar surface area (TPSA) is 55.3 Å². The van der Waals surface area contributed by atoms with E-state index < -0.39 is 0 Å². The van der Waals surface area contributed by atoms with E-state index in [4.69, 9.17) is 4.74 Å². The first-order valence-electron chi connectivity index (χ1n) is 9.51. The summed E-state index contributed by atoms with van der Waals surface area (Å²) in [6.07, 6.45) is 2.00. The highest BCUT2D eigenvalue weighted by molar-refractivity contribution is 7.13. The van der Waals surface area contributed by atoms with Crippen molar-refractivity contribution < 1.29 is 9.53 Å². The lowest BCUT2D eigenvalue weighted by Crippen LogP contribution is -2.31. The van der Waals surface area contributed by atoms with Gasteiger partial charge in [-0.1, -0.05) is 30.3 Å². The van der Waals surface area contributed by atoms with Gasteiger partial charge in [0.25, 0.3) is 0 Å². The summed E-state index contributed by atoms with van der Waals surface area (Å²) in [6.45, 7) is 1.05. The molecule has 0 unspecified atom stereocenters. The molecule has 0 atom stereocenters. The number of carbonyl (C=O) groups is 1. The number of pyridine rings is 1. The number of rotatable bonds is 8. The van der Waals surface area contributed by atoms with Crippen LogP contribution in [0.25, 0.3) is 10.7 Å². The first kappa shape index (κ1) is 20.3. The Morgan fingerprint density at radius 2 is 1.90 bits per heavy atom. The Morgan fingerprint density at radius 1 is 1.03 bits per heavy atom. The fourth-order valence-corrected chi connectivity index (χ4v) is 4.64. The molecule has 0 aliphatic rings. The molecule has 0 fully saturated rings. The second kappa shape index (κ2) is 9.65. The van der Waals surface area contributed by atoms with Crippen molar-refractivity contribution in [3.05, 3.63) is 87.7 Å². The van der Waals surface area contributed by atoms with E-state index in [1.54, 1.807) is 24.6 Å². The van der Waals surface area contributed by atoms with Crippen LogP contribution in [0.1, 0.15) is 16.1 Å². The van der Waals surface area contributed by atoms with E-state index in [1.165, 1.54) is 11.3 Å². The summed E-state index contributed by atoms with van der Waals surface area (Å²) in [4.78, 5) is 25.2. The molecule has 0 aliphatic carbocycles. The molecular formula is C23H21N3O2S2. The maximum Gasteiger partial charge on any atom is 0.229 e. The third-order valence-electron chi connectivity index (χ3n) is 4.60. The molecule has 0 saturated heterocycles. The van der Waals surface area contributed by atoms with Gasteiger partial charge in [0, 0.05) is 28.6 Å². The second-order valence-corrected chi connectivity index (χ2v) is 8.57. The predicted molar refractivity (Wildman–Crippen MR) is 121 cm³/mol. The molecule has 1 aromatic carbocycles. The maximum atomic E-state index is 13.2. The minimum Gasteiger partial charge on any atom is -0.496 e. The van der Waals surface area contributed by atoms with E-state index in [2.05, 4.69) is 16.0 Å². The zero-order chi connectivity index (χ0) is 20.8. The zero-order valence-corrected chi connectivity index (χ0v) is 18.2. The molecule has 0 N–H and O–H groups in total. The summed E-state index contributed by atoms with van der Waals surface area (Å²) in [5, 5.41) is 4.79. The van der Waals surface area contributed by atoms with Crippen LogP contribution in [-0.2, 0) is 24.3 Å². The van der Waals surface area contributed by atoms with Gasteiger partial charge in [0.05, 0.1) is 31.5 Å². The highest BCUT2D eigenvalue weighted by Gasteiger charge is 2.19. The number of hydrogen-bond donors (Lipinski definition) is 0. The number of thiazole rings is 1. The lowest BCUT2D eigenvalue weighted by molar-refractivity contribution is -0.131. The minimum atomic E-state index is 0.0344. The van der Waals surface area contributed by atoms with Gasteiger partial charge in [0.2, 0.25) is 5.91 Å². The summed E-state index contributed by atoms with van der Waals surface area (Å²) in [5.74, 6) is 0.819.